The van der Waals surface area contributed by atoms with Crippen LogP contribution in [0.2, 0.25) is 0 Å². The summed E-state index contributed by atoms with van der Waals surface area (Å²) < 4.78 is 17.0. The van der Waals surface area contributed by atoms with Gasteiger partial charge in [-0.3, -0.25) is 0 Å². The molecule has 0 rings (SSSR count). The molecular weight excluding hydrogens is 389 g/mol. The van der Waals surface area contributed by atoms with E-state index in [0.29, 0.717) is 0 Å². The van der Waals surface area contributed by atoms with Crippen LogP contribution in [0.3, 0.4) is 0 Å². The first-order valence-corrected chi connectivity index (χ1v) is 3.29. The predicted molar refractivity (Wildman–Crippen MR) is 15.2 cm³/mol. The average molecular weight is 389 g/mol. The van der Waals surface area contributed by atoms with Gasteiger partial charge in [0.15, 0.2) is 0 Å². The maximum Gasteiger partial charge on any atom is 3.00 e. The van der Waals surface area contributed by atoms with Gasteiger partial charge in [0.25, 0.3) is 16.5 Å². The second-order valence-electron chi connectivity index (χ2n) is 0.447. The summed E-state index contributed by atoms with van der Waals surface area (Å²) in [6, 6.07) is 0. The molecule has 0 saturated carbocycles. The molecule has 0 aromatic carbocycles. The first-order valence-electron chi connectivity index (χ1n) is 1.10. The fourth-order valence-electron chi connectivity index (χ4n) is 0. The summed E-state index contributed by atoms with van der Waals surface area (Å²) in [5.74, 6) is 0. The summed E-state index contributed by atoms with van der Waals surface area (Å²) in [5, 5.41) is 0. The van der Waals surface area contributed by atoms with E-state index in [-0.39, 0.29) is 127 Å². The van der Waals surface area contributed by atoms with Crippen molar-refractivity contribution in [3.8, 4) is 0 Å². The maximum atomic E-state index is 8.48. The molecule has 12 heavy (non-hydrogen) atoms. The van der Waals surface area contributed by atoms with Crippen molar-refractivity contribution in [1.82, 2.24) is 0 Å². The molecule has 12 heteroatoms. The van der Waals surface area contributed by atoms with E-state index in [9.17, 15) is 0 Å². The Morgan fingerprint density at radius 2 is 0.667 bits per heavy atom. The monoisotopic (exact) mass is 391 g/mol. The standard InChI is InChI=1S/Dy.3Na.2HO3P/c;;;;2*1-4(2)3/h;;;;2*(H,1,2,3)/q+3;3*+1;;/p-2. The van der Waals surface area contributed by atoms with Crippen LogP contribution in [0.25, 0.3) is 0 Å². The third-order valence-electron chi connectivity index (χ3n) is 0. The molecule has 0 atom stereocenters. The number of hydrogen-bond donors (Lipinski definition) is 0. The molecule has 0 heterocycles. The minimum absolute atomic E-state index is 0. The molecule has 0 aliphatic rings. The molecule has 0 unspecified atom stereocenters. The van der Waals surface area contributed by atoms with Crippen molar-refractivity contribution in [2.45, 2.75) is 0 Å². The molecule has 0 aromatic rings. The van der Waals surface area contributed by atoms with Gasteiger partial charge in [0.1, 0.15) is 0 Å². The molecule has 0 aliphatic heterocycles. The molecule has 0 saturated heterocycles. The predicted octanol–water partition coefficient (Wildman–Crippen LogP) is -12.3. The van der Waals surface area contributed by atoms with Gasteiger partial charge >= 0.3 is 127 Å². The van der Waals surface area contributed by atoms with Crippen molar-refractivity contribution in [3.63, 3.8) is 0 Å². The fraction of sp³-hybridized carbons (Fsp3) is 0. The van der Waals surface area contributed by atoms with E-state index in [1.165, 1.54) is 0 Å². The summed E-state index contributed by atoms with van der Waals surface area (Å²) >= 11 is 0. The molecule has 0 fully saturated rings. The van der Waals surface area contributed by atoms with Crippen molar-refractivity contribution in [2.75, 3.05) is 0 Å². The molecule has 0 N–H and O–H groups in total. The quantitative estimate of drug-likeness (QED) is 0.299. The molecule has 6 nitrogen and oxygen atoms in total. The Labute approximate surface area is 168 Å². The van der Waals surface area contributed by atoms with Crippen LogP contribution in [0, 0.1) is 38.2 Å². The SMILES string of the molecule is O=[P+]([O-])[O-].O=[P+]([O-])[O-].[Dy+3].[Na+].[Na+].[Na+]. The minimum atomic E-state index is -3.37. The third kappa shape index (κ3) is 136. The second kappa shape index (κ2) is 29.5. The van der Waals surface area contributed by atoms with E-state index in [0.717, 1.165) is 0 Å². The van der Waals surface area contributed by atoms with E-state index in [2.05, 4.69) is 0 Å². The van der Waals surface area contributed by atoms with Crippen molar-refractivity contribution in [1.29, 1.82) is 0 Å². The Hall–Kier alpha value is 4.31. The summed E-state index contributed by atoms with van der Waals surface area (Å²) in [5.41, 5.74) is 0. The Bertz CT molecular complexity index is 78.8. The number of hydrogen-bond acceptors (Lipinski definition) is 6. The van der Waals surface area contributed by atoms with E-state index < -0.39 is 16.5 Å². The van der Waals surface area contributed by atoms with Crippen LogP contribution in [0.1, 0.15) is 0 Å². The number of rotatable bonds is 0. The van der Waals surface area contributed by atoms with Gasteiger partial charge in [-0.05, 0) is 0 Å². The van der Waals surface area contributed by atoms with Crippen molar-refractivity contribution >= 4 is 16.5 Å². The van der Waals surface area contributed by atoms with E-state index >= 15 is 0 Å². The van der Waals surface area contributed by atoms with Crippen LogP contribution in [-0.4, -0.2) is 0 Å². The maximum absolute atomic E-state index is 8.48. The molecule has 1 radical (unpaired) electrons. The summed E-state index contributed by atoms with van der Waals surface area (Å²) in [4.78, 5) is 33.9. The first-order chi connectivity index (χ1) is 3.46. The molecular formula is DyNa3O6P2+4. The van der Waals surface area contributed by atoms with Crippen molar-refractivity contribution < 1.29 is 156 Å². The summed E-state index contributed by atoms with van der Waals surface area (Å²) in [6.07, 6.45) is 0. The Balaban J connectivity index is -0.0000000112. The smallest absolute Gasteiger partial charge is 0.598 e. The van der Waals surface area contributed by atoms with Crippen LogP contribution in [0.5, 0.6) is 0 Å². The van der Waals surface area contributed by atoms with Gasteiger partial charge in [-0.15, -0.1) is 0 Å². The van der Waals surface area contributed by atoms with E-state index in [1.54, 1.807) is 0 Å². The Kier molecular flexibility index (Phi) is 88.4. The van der Waals surface area contributed by atoms with Gasteiger partial charge in [-0.2, -0.15) is 0 Å². The average Bonchev–Trinajstić information content (AvgIpc) is 1.25. The van der Waals surface area contributed by atoms with Crippen LogP contribution in [0.15, 0.2) is 0 Å². The zero-order valence-electron chi connectivity index (χ0n) is 6.66. The van der Waals surface area contributed by atoms with E-state index in [1.807, 2.05) is 0 Å². The van der Waals surface area contributed by atoms with E-state index in [4.69, 9.17) is 28.7 Å². The first kappa shape index (κ1) is 36.0. The van der Waals surface area contributed by atoms with Crippen molar-refractivity contribution in [2.24, 2.45) is 0 Å². The molecule has 0 aromatic heterocycles. The molecule has 0 bridgehead atoms. The molecule has 0 aliphatic carbocycles. The molecule has 55 valence electrons. The Morgan fingerprint density at radius 1 is 0.667 bits per heavy atom. The van der Waals surface area contributed by atoms with Crippen LogP contribution < -0.4 is 108 Å². The van der Waals surface area contributed by atoms with Crippen molar-refractivity contribution in [3.05, 3.63) is 0 Å². The van der Waals surface area contributed by atoms with Crippen LogP contribution in [0.4, 0.5) is 0 Å². The van der Waals surface area contributed by atoms with Gasteiger partial charge < -0.3 is 19.6 Å². The van der Waals surface area contributed by atoms with Gasteiger partial charge in [-0.25, -0.2) is 0 Å². The Morgan fingerprint density at radius 3 is 0.667 bits per heavy atom. The summed E-state index contributed by atoms with van der Waals surface area (Å²) in [6.45, 7) is 0. The van der Waals surface area contributed by atoms with Gasteiger partial charge in [0, 0.05) is 0 Å². The summed E-state index contributed by atoms with van der Waals surface area (Å²) in [7, 11) is -6.74. The third-order valence-corrected chi connectivity index (χ3v) is 0. The topological polar surface area (TPSA) is 126 Å². The molecule has 0 amide bonds. The normalized spacial score (nSPS) is 4.33. The van der Waals surface area contributed by atoms with Gasteiger partial charge in [0.05, 0.1) is 0 Å². The zero-order chi connectivity index (χ0) is 7.15. The van der Waals surface area contributed by atoms with Gasteiger partial charge in [-0.1, -0.05) is 9.13 Å². The van der Waals surface area contributed by atoms with Crippen LogP contribution >= 0.6 is 16.5 Å². The molecule has 0 spiro atoms. The minimum Gasteiger partial charge on any atom is -0.598 e. The fourth-order valence-corrected chi connectivity index (χ4v) is 0. The van der Waals surface area contributed by atoms with Crippen LogP contribution in [-0.2, 0) is 9.13 Å². The van der Waals surface area contributed by atoms with Gasteiger partial charge in [0.2, 0.25) is 0 Å². The second-order valence-corrected chi connectivity index (χ2v) is 1.34. The largest absolute Gasteiger partial charge is 3.00 e. The zero-order valence-corrected chi connectivity index (χ0v) is 16.5.